The molecular formula is C19H16F3N3O2. The molecule has 1 unspecified atom stereocenters. The first-order valence-corrected chi connectivity index (χ1v) is 8.15. The van der Waals surface area contributed by atoms with Gasteiger partial charge >= 0.3 is 6.18 Å². The van der Waals surface area contributed by atoms with Crippen molar-refractivity contribution in [3.8, 4) is 0 Å². The van der Waals surface area contributed by atoms with E-state index in [9.17, 15) is 18.0 Å². The number of hydrogen-bond donors (Lipinski definition) is 1. The molecule has 0 aliphatic rings. The minimum absolute atomic E-state index is 0.0537. The minimum Gasteiger partial charge on any atom is -0.425 e. The number of nitrogens with zero attached hydrogens (tertiary/aromatic N) is 2. The molecule has 1 aromatic heterocycles. The average Bonchev–Trinajstić information content (AvgIpc) is 3.06. The van der Waals surface area contributed by atoms with Crippen LogP contribution in [0.15, 0.2) is 59.0 Å². The standard InChI is InChI=1S/C19H16F3N3O2/c1-12-24-25-18(27-12)16(13-6-3-2-4-7-13)11-17(26)23-15-9-5-8-14(10-15)19(20,21)22/h2-10,16H,11H2,1H3,(H,23,26). The van der Waals surface area contributed by atoms with Gasteiger partial charge in [0, 0.05) is 19.0 Å². The lowest BCUT2D eigenvalue weighted by Gasteiger charge is -2.14. The third-order valence-corrected chi connectivity index (χ3v) is 3.90. The maximum atomic E-state index is 12.8. The van der Waals surface area contributed by atoms with Crippen LogP contribution in [0.4, 0.5) is 18.9 Å². The molecule has 0 aliphatic carbocycles. The molecule has 3 aromatic rings. The maximum absolute atomic E-state index is 12.8. The first-order valence-electron chi connectivity index (χ1n) is 8.15. The van der Waals surface area contributed by atoms with Crippen molar-refractivity contribution >= 4 is 11.6 Å². The highest BCUT2D eigenvalue weighted by molar-refractivity contribution is 5.91. The van der Waals surface area contributed by atoms with Crippen LogP contribution in [0.5, 0.6) is 0 Å². The molecular weight excluding hydrogens is 359 g/mol. The number of hydrogen-bond acceptors (Lipinski definition) is 4. The van der Waals surface area contributed by atoms with Crippen LogP contribution < -0.4 is 5.32 Å². The fraction of sp³-hybridized carbons (Fsp3) is 0.211. The van der Waals surface area contributed by atoms with E-state index in [4.69, 9.17) is 4.42 Å². The zero-order valence-electron chi connectivity index (χ0n) is 14.3. The van der Waals surface area contributed by atoms with E-state index in [0.717, 1.165) is 17.7 Å². The number of carbonyl (C=O) groups excluding carboxylic acids is 1. The van der Waals surface area contributed by atoms with Gasteiger partial charge in [-0.15, -0.1) is 10.2 Å². The van der Waals surface area contributed by atoms with Gasteiger partial charge in [-0.1, -0.05) is 36.4 Å². The van der Waals surface area contributed by atoms with Gasteiger partial charge in [-0.3, -0.25) is 4.79 Å². The second kappa shape index (κ2) is 7.61. The van der Waals surface area contributed by atoms with Crippen LogP contribution in [0.2, 0.25) is 0 Å². The fourth-order valence-electron chi connectivity index (χ4n) is 2.66. The molecule has 1 heterocycles. The number of aromatic nitrogens is 2. The number of benzene rings is 2. The Morgan fingerprint density at radius 3 is 2.48 bits per heavy atom. The largest absolute Gasteiger partial charge is 0.425 e. The van der Waals surface area contributed by atoms with Crippen LogP contribution in [-0.2, 0) is 11.0 Å². The number of anilines is 1. The van der Waals surface area contributed by atoms with E-state index in [0.29, 0.717) is 5.89 Å². The van der Waals surface area contributed by atoms with Gasteiger partial charge in [0.15, 0.2) is 0 Å². The van der Waals surface area contributed by atoms with Gasteiger partial charge in [-0.2, -0.15) is 13.2 Å². The normalized spacial score (nSPS) is 12.6. The number of nitrogens with one attached hydrogen (secondary N) is 1. The Morgan fingerprint density at radius 1 is 1.11 bits per heavy atom. The highest BCUT2D eigenvalue weighted by atomic mass is 19.4. The Kier molecular flexibility index (Phi) is 5.25. The summed E-state index contributed by atoms with van der Waals surface area (Å²) in [6.07, 6.45) is -4.53. The molecule has 0 aliphatic heterocycles. The summed E-state index contributed by atoms with van der Waals surface area (Å²) in [5.74, 6) is -0.320. The van der Waals surface area contributed by atoms with E-state index >= 15 is 0 Å². The molecule has 0 saturated carbocycles. The summed E-state index contributed by atoms with van der Waals surface area (Å²) in [6.45, 7) is 1.64. The van der Waals surface area contributed by atoms with Gasteiger partial charge in [0.2, 0.25) is 17.7 Å². The van der Waals surface area contributed by atoms with Crippen LogP contribution in [0.1, 0.15) is 35.2 Å². The molecule has 1 atom stereocenters. The number of rotatable bonds is 5. The van der Waals surface area contributed by atoms with E-state index in [2.05, 4.69) is 15.5 Å². The highest BCUT2D eigenvalue weighted by Gasteiger charge is 2.30. The second-order valence-electron chi connectivity index (χ2n) is 5.95. The van der Waals surface area contributed by atoms with Gasteiger partial charge in [-0.25, -0.2) is 0 Å². The van der Waals surface area contributed by atoms with Crippen molar-refractivity contribution in [1.82, 2.24) is 10.2 Å². The summed E-state index contributed by atoms with van der Waals surface area (Å²) >= 11 is 0. The lowest BCUT2D eigenvalue weighted by atomic mass is 9.95. The van der Waals surface area contributed by atoms with Crippen LogP contribution in [0.25, 0.3) is 0 Å². The molecule has 0 saturated heterocycles. The monoisotopic (exact) mass is 375 g/mol. The van der Waals surface area contributed by atoms with Gasteiger partial charge in [0.25, 0.3) is 0 Å². The topological polar surface area (TPSA) is 68.0 Å². The molecule has 140 valence electrons. The molecule has 1 N–H and O–H groups in total. The molecule has 0 fully saturated rings. The van der Waals surface area contributed by atoms with Crippen molar-refractivity contribution in [2.24, 2.45) is 0 Å². The van der Waals surface area contributed by atoms with Gasteiger partial charge in [0.1, 0.15) is 0 Å². The molecule has 2 aromatic carbocycles. The van der Waals surface area contributed by atoms with Gasteiger partial charge in [-0.05, 0) is 23.8 Å². The SMILES string of the molecule is Cc1nnc(C(CC(=O)Nc2cccc(C(F)(F)F)c2)c2ccccc2)o1. The summed E-state index contributed by atoms with van der Waals surface area (Å²) < 4.78 is 43.9. The van der Waals surface area contributed by atoms with E-state index in [-0.39, 0.29) is 18.0 Å². The Balaban J connectivity index is 1.79. The zero-order chi connectivity index (χ0) is 19.4. The molecule has 8 heteroatoms. The Labute approximate surface area is 153 Å². The smallest absolute Gasteiger partial charge is 0.416 e. The van der Waals surface area contributed by atoms with Crippen molar-refractivity contribution < 1.29 is 22.4 Å². The average molecular weight is 375 g/mol. The lowest BCUT2D eigenvalue weighted by molar-refractivity contribution is -0.137. The van der Waals surface area contributed by atoms with Crippen LogP contribution in [0.3, 0.4) is 0 Å². The fourth-order valence-corrected chi connectivity index (χ4v) is 2.66. The first kappa shape index (κ1) is 18.6. The summed E-state index contributed by atoms with van der Waals surface area (Å²) in [7, 11) is 0. The van der Waals surface area contributed by atoms with Crippen LogP contribution in [0, 0.1) is 6.92 Å². The third kappa shape index (κ3) is 4.72. The van der Waals surface area contributed by atoms with E-state index in [1.54, 1.807) is 6.92 Å². The van der Waals surface area contributed by atoms with E-state index < -0.39 is 23.6 Å². The summed E-state index contributed by atoms with van der Waals surface area (Å²) in [5.41, 5.74) is 0.0381. The Hall–Kier alpha value is -3.16. The summed E-state index contributed by atoms with van der Waals surface area (Å²) in [4.78, 5) is 12.5. The van der Waals surface area contributed by atoms with Crippen molar-refractivity contribution in [1.29, 1.82) is 0 Å². The van der Waals surface area contributed by atoms with E-state index in [1.165, 1.54) is 12.1 Å². The van der Waals surface area contributed by atoms with Crippen molar-refractivity contribution in [3.63, 3.8) is 0 Å². The predicted molar refractivity (Wildman–Crippen MR) is 92.0 cm³/mol. The Bertz CT molecular complexity index is 923. The molecule has 0 spiro atoms. The van der Waals surface area contributed by atoms with Crippen molar-refractivity contribution in [2.75, 3.05) is 5.32 Å². The minimum atomic E-state index is -4.48. The quantitative estimate of drug-likeness (QED) is 0.710. The van der Waals surface area contributed by atoms with E-state index in [1.807, 2.05) is 30.3 Å². The number of alkyl halides is 3. The van der Waals surface area contributed by atoms with Crippen molar-refractivity contribution in [2.45, 2.75) is 25.4 Å². The molecule has 5 nitrogen and oxygen atoms in total. The van der Waals surface area contributed by atoms with Crippen molar-refractivity contribution in [3.05, 3.63) is 77.5 Å². The highest BCUT2D eigenvalue weighted by Crippen LogP contribution is 2.31. The third-order valence-electron chi connectivity index (χ3n) is 3.90. The molecule has 0 radical (unpaired) electrons. The van der Waals surface area contributed by atoms with Crippen LogP contribution in [-0.4, -0.2) is 16.1 Å². The predicted octanol–water partition coefficient (Wildman–Crippen LogP) is 4.56. The summed E-state index contributed by atoms with van der Waals surface area (Å²) in [6, 6.07) is 13.6. The lowest BCUT2D eigenvalue weighted by Crippen LogP contribution is -2.17. The molecule has 0 bridgehead atoms. The zero-order valence-corrected chi connectivity index (χ0v) is 14.3. The van der Waals surface area contributed by atoms with Crippen LogP contribution >= 0.6 is 0 Å². The van der Waals surface area contributed by atoms with Gasteiger partial charge < -0.3 is 9.73 Å². The summed E-state index contributed by atoms with van der Waals surface area (Å²) in [5, 5.41) is 10.3. The number of amides is 1. The number of halogens is 3. The first-order chi connectivity index (χ1) is 12.8. The van der Waals surface area contributed by atoms with Gasteiger partial charge in [0.05, 0.1) is 11.5 Å². The molecule has 3 rings (SSSR count). The maximum Gasteiger partial charge on any atom is 0.416 e. The second-order valence-corrected chi connectivity index (χ2v) is 5.95. The Morgan fingerprint density at radius 2 is 1.85 bits per heavy atom. The molecule has 1 amide bonds. The number of aryl methyl sites for hydroxylation is 1. The molecule has 27 heavy (non-hydrogen) atoms. The number of carbonyl (C=O) groups is 1.